The third-order valence-corrected chi connectivity index (χ3v) is 7.20. The number of halogens is 1. The molecule has 1 aliphatic rings. The highest BCUT2D eigenvalue weighted by atomic mass is 19.1. The second-order valence-electron chi connectivity index (χ2n) is 9.54. The molecule has 0 atom stereocenters. The fourth-order valence-corrected chi connectivity index (χ4v) is 5.01. The summed E-state index contributed by atoms with van der Waals surface area (Å²) in [5.74, 6) is 0.257. The number of pyridine rings is 3. The SMILES string of the molecule is CCn1c(=O)c(-c2c(O)cccc2F)cc2cnc(Nc3ccc(N(C)C4CCN(C)CC4)cn3)cc21. The molecule has 3 aromatic heterocycles. The van der Waals surface area contributed by atoms with Gasteiger partial charge in [-0.15, -0.1) is 0 Å². The van der Waals surface area contributed by atoms with Gasteiger partial charge in [-0.2, -0.15) is 0 Å². The molecule has 1 aromatic carbocycles. The number of nitrogens with zero attached hydrogens (tertiary/aromatic N) is 5. The number of aromatic nitrogens is 3. The average molecular weight is 503 g/mol. The smallest absolute Gasteiger partial charge is 0.259 e. The number of phenolic OH excluding ortho intramolecular Hbond substituents is 1. The maximum Gasteiger partial charge on any atom is 0.259 e. The number of phenols is 1. The van der Waals surface area contributed by atoms with Gasteiger partial charge in [0.05, 0.1) is 28.5 Å². The minimum absolute atomic E-state index is 0.0958. The predicted molar refractivity (Wildman–Crippen MR) is 145 cm³/mol. The highest BCUT2D eigenvalue weighted by Gasteiger charge is 2.21. The van der Waals surface area contributed by atoms with Crippen LogP contribution in [0.15, 0.2) is 59.7 Å². The number of benzene rings is 1. The van der Waals surface area contributed by atoms with Gasteiger partial charge in [0.1, 0.15) is 23.2 Å². The number of rotatable bonds is 6. The van der Waals surface area contributed by atoms with E-state index >= 15 is 0 Å². The number of likely N-dealkylation sites (tertiary alicyclic amines) is 1. The lowest BCUT2D eigenvalue weighted by molar-refractivity contribution is 0.253. The summed E-state index contributed by atoms with van der Waals surface area (Å²) in [6, 6.07) is 11.8. The molecule has 0 bridgehead atoms. The Balaban J connectivity index is 1.41. The molecule has 37 heavy (non-hydrogen) atoms. The predicted octanol–water partition coefficient (Wildman–Crippen LogP) is 4.60. The van der Waals surface area contributed by atoms with E-state index < -0.39 is 5.82 Å². The van der Waals surface area contributed by atoms with Gasteiger partial charge < -0.3 is 24.8 Å². The zero-order valence-corrected chi connectivity index (χ0v) is 21.3. The topological polar surface area (TPSA) is 86.5 Å². The van der Waals surface area contributed by atoms with Crippen molar-refractivity contribution in [3.8, 4) is 16.9 Å². The standard InChI is InChI=1S/C28H31FN6O2/c1-4-35-23-15-26(30-16-18(23)14-21(28(35)37)27-22(29)6-5-7-24(27)36)32-25-9-8-20(17-31-25)34(3)19-10-12-33(2)13-11-19/h5-9,14-17,19,36H,4,10-13H2,1-3H3,(H,30,31,32). The van der Waals surface area contributed by atoms with Gasteiger partial charge in [-0.1, -0.05) is 6.07 Å². The van der Waals surface area contributed by atoms with Crippen LogP contribution < -0.4 is 15.8 Å². The quantitative estimate of drug-likeness (QED) is 0.399. The van der Waals surface area contributed by atoms with Crippen LogP contribution in [0.25, 0.3) is 22.0 Å². The summed E-state index contributed by atoms with van der Waals surface area (Å²) < 4.78 is 16.1. The zero-order chi connectivity index (χ0) is 26.1. The summed E-state index contributed by atoms with van der Waals surface area (Å²) in [5, 5.41) is 14.1. The van der Waals surface area contributed by atoms with Crippen LogP contribution in [0.5, 0.6) is 5.75 Å². The Kier molecular flexibility index (Phi) is 6.80. The molecule has 0 spiro atoms. The Morgan fingerprint density at radius 2 is 1.86 bits per heavy atom. The summed E-state index contributed by atoms with van der Waals surface area (Å²) in [7, 11) is 4.27. The van der Waals surface area contributed by atoms with Gasteiger partial charge in [0.15, 0.2) is 0 Å². The van der Waals surface area contributed by atoms with Crippen LogP contribution in [-0.2, 0) is 6.54 Å². The molecule has 0 saturated carbocycles. The van der Waals surface area contributed by atoms with Crippen molar-refractivity contribution in [2.24, 2.45) is 0 Å². The van der Waals surface area contributed by atoms with Crippen molar-refractivity contribution in [1.82, 2.24) is 19.4 Å². The van der Waals surface area contributed by atoms with E-state index in [0.717, 1.165) is 31.6 Å². The molecule has 1 fully saturated rings. The van der Waals surface area contributed by atoms with E-state index in [0.29, 0.717) is 35.1 Å². The van der Waals surface area contributed by atoms with Crippen LogP contribution in [0.3, 0.4) is 0 Å². The van der Waals surface area contributed by atoms with Crippen molar-refractivity contribution in [1.29, 1.82) is 0 Å². The molecule has 1 aliphatic heterocycles. The van der Waals surface area contributed by atoms with Crippen LogP contribution in [-0.4, -0.2) is 57.8 Å². The molecular formula is C28H31FN6O2. The molecule has 1 saturated heterocycles. The molecule has 0 amide bonds. The van der Waals surface area contributed by atoms with Gasteiger partial charge in [-0.05, 0) is 70.2 Å². The van der Waals surface area contributed by atoms with Gasteiger partial charge in [-0.3, -0.25) is 4.79 Å². The molecule has 9 heteroatoms. The van der Waals surface area contributed by atoms with Gasteiger partial charge >= 0.3 is 0 Å². The first-order valence-electron chi connectivity index (χ1n) is 12.5. The van der Waals surface area contributed by atoms with E-state index in [-0.39, 0.29) is 22.4 Å². The maximum atomic E-state index is 14.5. The Hall–Kier alpha value is -3.98. The first-order valence-corrected chi connectivity index (χ1v) is 12.5. The summed E-state index contributed by atoms with van der Waals surface area (Å²) >= 11 is 0. The van der Waals surface area contributed by atoms with Crippen molar-refractivity contribution < 1.29 is 9.50 Å². The van der Waals surface area contributed by atoms with E-state index in [1.54, 1.807) is 22.9 Å². The third kappa shape index (κ3) is 4.86. The molecule has 4 aromatic rings. The van der Waals surface area contributed by atoms with Crippen molar-refractivity contribution >= 4 is 28.2 Å². The first-order chi connectivity index (χ1) is 17.9. The van der Waals surface area contributed by atoms with Gasteiger partial charge in [0.25, 0.3) is 5.56 Å². The molecule has 5 rings (SSSR count). The second-order valence-corrected chi connectivity index (χ2v) is 9.54. The summed E-state index contributed by atoms with van der Waals surface area (Å²) in [6.45, 7) is 4.42. The Morgan fingerprint density at radius 3 is 2.54 bits per heavy atom. The second kappa shape index (κ2) is 10.2. The number of hydrogen-bond donors (Lipinski definition) is 2. The van der Waals surface area contributed by atoms with Gasteiger partial charge in [-0.25, -0.2) is 14.4 Å². The van der Waals surface area contributed by atoms with Crippen LogP contribution in [0, 0.1) is 5.82 Å². The number of aromatic hydroxyl groups is 1. The van der Waals surface area contributed by atoms with Crippen molar-refractivity contribution in [3.63, 3.8) is 0 Å². The van der Waals surface area contributed by atoms with Crippen LogP contribution in [0.4, 0.5) is 21.7 Å². The van der Waals surface area contributed by atoms with Crippen molar-refractivity contribution in [2.75, 3.05) is 37.4 Å². The lowest BCUT2D eigenvalue weighted by atomic mass is 10.0. The average Bonchev–Trinajstić information content (AvgIpc) is 2.89. The first kappa shape index (κ1) is 24.7. The Labute approximate surface area is 215 Å². The number of anilines is 3. The minimum Gasteiger partial charge on any atom is -0.507 e. The molecule has 0 aliphatic carbocycles. The van der Waals surface area contributed by atoms with Crippen molar-refractivity contribution in [2.45, 2.75) is 32.4 Å². The van der Waals surface area contributed by atoms with E-state index in [1.165, 1.54) is 18.2 Å². The van der Waals surface area contributed by atoms with Crippen LogP contribution in [0.2, 0.25) is 0 Å². The van der Waals surface area contributed by atoms with Gasteiger partial charge in [0.2, 0.25) is 0 Å². The molecule has 0 unspecified atom stereocenters. The third-order valence-electron chi connectivity index (χ3n) is 7.20. The normalized spacial score (nSPS) is 14.7. The summed E-state index contributed by atoms with van der Waals surface area (Å²) in [4.78, 5) is 27.0. The molecule has 192 valence electrons. The highest BCUT2D eigenvalue weighted by Crippen LogP contribution is 2.32. The molecular weight excluding hydrogens is 471 g/mol. The molecule has 0 radical (unpaired) electrons. The fraction of sp³-hybridized carbons (Fsp3) is 0.321. The molecule has 2 N–H and O–H groups in total. The number of fused-ring (bicyclic) bond motifs is 1. The van der Waals surface area contributed by atoms with Crippen LogP contribution in [0.1, 0.15) is 19.8 Å². The Bertz CT molecular complexity index is 1460. The van der Waals surface area contributed by atoms with E-state index in [1.807, 2.05) is 25.3 Å². The highest BCUT2D eigenvalue weighted by molar-refractivity contribution is 5.86. The minimum atomic E-state index is -0.652. The van der Waals surface area contributed by atoms with Crippen molar-refractivity contribution in [3.05, 3.63) is 71.0 Å². The molecule has 8 nitrogen and oxygen atoms in total. The van der Waals surface area contributed by atoms with E-state index in [2.05, 4.69) is 39.2 Å². The number of nitrogens with one attached hydrogen (secondary N) is 1. The molecule has 4 heterocycles. The van der Waals surface area contributed by atoms with E-state index in [4.69, 9.17) is 0 Å². The zero-order valence-electron chi connectivity index (χ0n) is 21.3. The number of piperidine rings is 1. The van der Waals surface area contributed by atoms with Crippen LogP contribution >= 0.6 is 0 Å². The largest absolute Gasteiger partial charge is 0.507 e. The van der Waals surface area contributed by atoms with Gasteiger partial charge in [0, 0.05) is 37.3 Å². The number of aryl methyl sites for hydroxylation is 1. The summed E-state index contributed by atoms with van der Waals surface area (Å²) in [5.41, 5.74) is 1.33. The van der Waals surface area contributed by atoms with E-state index in [9.17, 15) is 14.3 Å². The summed E-state index contributed by atoms with van der Waals surface area (Å²) in [6.07, 6.45) is 5.75. The lowest BCUT2D eigenvalue weighted by Gasteiger charge is -2.36. The fourth-order valence-electron chi connectivity index (χ4n) is 5.01. The lowest BCUT2D eigenvalue weighted by Crippen LogP contribution is -2.42. The maximum absolute atomic E-state index is 14.5. The monoisotopic (exact) mass is 502 g/mol. The Morgan fingerprint density at radius 1 is 1.11 bits per heavy atom. The number of hydrogen-bond acceptors (Lipinski definition) is 7.